The Morgan fingerprint density at radius 3 is 1.96 bits per heavy atom. The number of hydrogen-bond donors (Lipinski definition) is 0. The molecular formula is C44H27NOS. The maximum Gasteiger partial charge on any atom is 0.143 e. The molecule has 47 heavy (non-hydrogen) atoms. The van der Waals surface area contributed by atoms with Crippen LogP contribution in [0.3, 0.4) is 0 Å². The van der Waals surface area contributed by atoms with Crippen molar-refractivity contribution in [3.63, 3.8) is 0 Å². The lowest BCUT2D eigenvalue weighted by Crippen LogP contribution is -2.10. The van der Waals surface area contributed by atoms with Gasteiger partial charge < -0.3 is 9.32 Å². The Balaban J connectivity index is 1.23. The van der Waals surface area contributed by atoms with Gasteiger partial charge in [-0.1, -0.05) is 109 Å². The Bertz CT molecular complexity index is 2810. The monoisotopic (exact) mass is 617 g/mol. The van der Waals surface area contributed by atoms with Crippen LogP contribution < -0.4 is 4.90 Å². The van der Waals surface area contributed by atoms with Crippen LogP contribution in [-0.4, -0.2) is 0 Å². The van der Waals surface area contributed by atoms with Gasteiger partial charge in [-0.15, -0.1) is 11.3 Å². The van der Waals surface area contributed by atoms with Crippen LogP contribution in [0.1, 0.15) is 0 Å². The smallest absolute Gasteiger partial charge is 0.143 e. The minimum atomic E-state index is 0.883. The highest BCUT2D eigenvalue weighted by Gasteiger charge is 2.23. The van der Waals surface area contributed by atoms with E-state index in [9.17, 15) is 0 Å². The van der Waals surface area contributed by atoms with Gasteiger partial charge in [-0.25, -0.2) is 0 Å². The van der Waals surface area contributed by atoms with Crippen LogP contribution in [0.2, 0.25) is 0 Å². The summed E-state index contributed by atoms with van der Waals surface area (Å²) in [5, 5.41) is 9.58. The summed E-state index contributed by atoms with van der Waals surface area (Å²) in [5.41, 5.74) is 7.56. The zero-order valence-corrected chi connectivity index (χ0v) is 26.2. The molecule has 0 saturated carbocycles. The molecular weight excluding hydrogens is 591 g/mol. The van der Waals surface area contributed by atoms with E-state index in [0.29, 0.717) is 0 Å². The number of thiophene rings is 1. The number of benzene rings is 8. The van der Waals surface area contributed by atoms with Crippen molar-refractivity contribution >= 4 is 92.1 Å². The second kappa shape index (κ2) is 10.3. The van der Waals surface area contributed by atoms with E-state index < -0.39 is 0 Å². The second-order valence-electron chi connectivity index (χ2n) is 12.1. The van der Waals surface area contributed by atoms with Gasteiger partial charge in [0.2, 0.25) is 0 Å². The molecule has 3 heteroatoms. The van der Waals surface area contributed by atoms with Crippen LogP contribution in [0.4, 0.5) is 17.1 Å². The third-order valence-electron chi connectivity index (χ3n) is 9.44. The fourth-order valence-corrected chi connectivity index (χ4v) is 8.37. The highest BCUT2D eigenvalue weighted by molar-refractivity contribution is 7.26. The summed E-state index contributed by atoms with van der Waals surface area (Å²) in [4.78, 5) is 2.43. The molecule has 10 aromatic rings. The maximum absolute atomic E-state index is 6.66. The van der Waals surface area contributed by atoms with E-state index in [4.69, 9.17) is 4.42 Å². The fourth-order valence-electron chi connectivity index (χ4n) is 7.24. The van der Waals surface area contributed by atoms with Gasteiger partial charge in [-0.3, -0.25) is 0 Å². The quantitative estimate of drug-likeness (QED) is 0.195. The van der Waals surface area contributed by atoms with Crippen LogP contribution >= 0.6 is 11.3 Å². The number of anilines is 3. The molecule has 2 heterocycles. The van der Waals surface area contributed by atoms with E-state index in [0.717, 1.165) is 44.4 Å². The molecule has 8 aromatic carbocycles. The molecule has 0 atom stereocenters. The van der Waals surface area contributed by atoms with Crippen LogP contribution in [0.15, 0.2) is 168 Å². The van der Waals surface area contributed by atoms with Gasteiger partial charge >= 0.3 is 0 Å². The van der Waals surface area contributed by atoms with E-state index >= 15 is 0 Å². The lowest BCUT2D eigenvalue weighted by atomic mass is 10.00. The molecule has 0 saturated heterocycles. The number of rotatable bonds is 4. The first-order chi connectivity index (χ1) is 23.3. The normalized spacial score (nSPS) is 11.8. The summed E-state index contributed by atoms with van der Waals surface area (Å²) in [6, 6.07) is 59.0. The zero-order valence-electron chi connectivity index (χ0n) is 25.4. The van der Waals surface area contributed by atoms with Gasteiger partial charge in [-0.05, 0) is 81.9 Å². The van der Waals surface area contributed by atoms with Gasteiger partial charge in [0, 0.05) is 36.6 Å². The number of furan rings is 1. The number of hydrogen-bond acceptors (Lipinski definition) is 3. The van der Waals surface area contributed by atoms with E-state index in [1.54, 1.807) is 0 Å². The molecule has 2 nitrogen and oxygen atoms in total. The molecule has 0 radical (unpaired) electrons. The van der Waals surface area contributed by atoms with Crippen molar-refractivity contribution in [3.8, 4) is 11.1 Å². The van der Waals surface area contributed by atoms with Crippen molar-refractivity contribution in [2.45, 2.75) is 0 Å². The van der Waals surface area contributed by atoms with E-state index in [1.165, 1.54) is 47.5 Å². The zero-order chi connectivity index (χ0) is 30.9. The molecule has 0 aliphatic carbocycles. The van der Waals surface area contributed by atoms with Crippen LogP contribution in [0.5, 0.6) is 0 Å². The molecule has 0 fully saturated rings. The Morgan fingerprint density at radius 1 is 0.426 bits per heavy atom. The number of fused-ring (bicyclic) bond motifs is 9. The van der Waals surface area contributed by atoms with Gasteiger partial charge in [0.25, 0.3) is 0 Å². The number of nitrogens with zero attached hydrogens (tertiary/aromatic N) is 1. The van der Waals surface area contributed by atoms with Crippen molar-refractivity contribution in [2.24, 2.45) is 0 Å². The second-order valence-corrected chi connectivity index (χ2v) is 13.2. The van der Waals surface area contributed by atoms with Crippen molar-refractivity contribution < 1.29 is 4.42 Å². The standard InChI is InChI=1S/C44H27NOS/c1-2-11-31-27-32(20-19-28(31)9-1)29-21-24-33(25-22-29)45(38-15-8-18-41-43(38)35-13-5-6-17-40(35)47-41)37-14-7-16-39-42(37)36-26-23-30-10-3-4-12-34(30)44(36)46-39/h1-27H. The largest absolute Gasteiger partial charge is 0.455 e. The average molecular weight is 618 g/mol. The summed E-state index contributed by atoms with van der Waals surface area (Å²) < 4.78 is 9.22. The summed E-state index contributed by atoms with van der Waals surface area (Å²) in [6.07, 6.45) is 0. The topological polar surface area (TPSA) is 16.4 Å². The summed E-state index contributed by atoms with van der Waals surface area (Å²) in [6.45, 7) is 0. The molecule has 0 aliphatic rings. The van der Waals surface area contributed by atoms with Crippen molar-refractivity contribution in [3.05, 3.63) is 164 Å². The lowest BCUT2D eigenvalue weighted by Gasteiger charge is -2.27. The summed E-state index contributed by atoms with van der Waals surface area (Å²) in [5.74, 6) is 0. The molecule has 220 valence electrons. The van der Waals surface area contributed by atoms with Gasteiger partial charge in [0.05, 0.1) is 16.8 Å². The van der Waals surface area contributed by atoms with Gasteiger partial charge in [0.15, 0.2) is 0 Å². The molecule has 0 N–H and O–H groups in total. The minimum absolute atomic E-state index is 0.883. The van der Waals surface area contributed by atoms with E-state index in [-0.39, 0.29) is 0 Å². The van der Waals surface area contributed by atoms with E-state index in [1.807, 2.05) is 11.3 Å². The van der Waals surface area contributed by atoms with Crippen LogP contribution in [0.25, 0.3) is 74.8 Å². The molecule has 10 rings (SSSR count). The Morgan fingerprint density at radius 2 is 1.09 bits per heavy atom. The predicted molar refractivity (Wildman–Crippen MR) is 202 cm³/mol. The highest BCUT2D eigenvalue weighted by Crippen LogP contribution is 2.48. The Hall–Kier alpha value is -5.90. The lowest BCUT2D eigenvalue weighted by molar-refractivity contribution is 0.672. The third-order valence-corrected chi connectivity index (χ3v) is 10.6. The minimum Gasteiger partial charge on any atom is -0.455 e. The van der Waals surface area contributed by atoms with Gasteiger partial charge in [0.1, 0.15) is 11.2 Å². The predicted octanol–water partition coefficient (Wildman–Crippen LogP) is 13.4. The van der Waals surface area contributed by atoms with E-state index in [2.05, 4.69) is 169 Å². The molecule has 2 aromatic heterocycles. The molecule has 0 aliphatic heterocycles. The van der Waals surface area contributed by atoms with Crippen molar-refractivity contribution in [1.29, 1.82) is 0 Å². The van der Waals surface area contributed by atoms with Crippen LogP contribution in [-0.2, 0) is 0 Å². The van der Waals surface area contributed by atoms with Crippen LogP contribution in [0, 0.1) is 0 Å². The van der Waals surface area contributed by atoms with Crippen molar-refractivity contribution in [2.75, 3.05) is 4.90 Å². The van der Waals surface area contributed by atoms with Gasteiger partial charge in [-0.2, -0.15) is 0 Å². The first-order valence-electron chi connectivity index (χ1n) is 15.9. The molecule has 0 unspecified atom stereocenters. The fraction of sp³-hybridized carbons (Fsp3) is 0. The highest BCUT2D eigenvalue weighted by atomic mass is 32.1. The summed E-state index contributed by atoms with van der Waals surface area (Å²) >= 11 is 1.85. The maximum atomic E-state index is 6.66. The molecule has 0 amide bonds. The van der Waals surface area contributed by atoms with Crippen molar-refractivity contribution in [1.82, 2.24) is 0 Å². The SMILES string of the molecule is c1ccc2cc(-c3ccc(N(c4cccc5oc6c7ccccc7ccc6c45)c4cccc5sc6ccccc6c45)cc3)ccc2c1. The summed E-state index contributed by atoms with van der Waals surface area (Å²) in [7, 11) is 0. The third kappa shape index (κ3) is 4.10. The Kier molecular flexibility index (Phi) is 5.78. The first kappa shape index (κ1) is 26.3. The molecule has 0 bridgehead atoms. The first-order valence-corrected chi connectivity index (χ1v) is 16.7. The average Bonchev–Trinajstić information content (AvgIpc) is 3.72. The molecule has 0 spiro atoms. The Labute approximate surface area is 275 Å².